The van der Waals surface area contributed by atoms with E-state index in [0.717, 1.165) is 0 Å². The molecule has 0 atom stereocenters. The number of hydrogen-bond donors (Lipinski definition) is 0. The van der Waals surface area contributed by atoms with Crippen LogP contribution in [0.15, 0.2) is 12.8 Å². The second-order valence-corrected chi connectivity index (χ2v) is 0.563. The van der Waals surface area contributed by atoms with Crippen LogP contribution >= 0.6 is 0 Å². The van der Waals surface area contributed by atoms with Crippen molar-refractivity contribution in [1.82, 2.24) is 0 Å². The fourth-order valence-corrected chi connectivity index (χ4v) is 0.0727. The van der Waals surface area contributed by atoms with E-state index in [4.69, 9.17) is 0 Å². The Balaban J connectivity index is 2.81. The van der Waals surface area contributed by atoms with Gasteiger partial charge in [0.1, 0.15) is 0 Å². The molecule has 6 heavy (non-hydrogen) atoms. The molecule has 0 aromatic carbocycles. The zero-order chi connectivity index (χ0) is 4.99. The van der Waals surface area contributed by atoms with Crippen molar-refractivity contribution in [3.05, 3.63) is 12.8 Å². The van der Waals surface area contributed by atoms with Gasteiger partial charge in [0.15, 0.2) is 0 Å². The van der Waals surface area contributed by atoms with Crippen LogP contribution in [0, 0.1) is 0 Å². The number of halogens is 2. The Morgan fingerprint density at radius 3 is 2.17 bits per heavy atom. The van der Waals surface area contributed by atoms with Gasteiger partial charge < -0.3 is 4.74 Å². The van der Waals surface area contributed by atoms with Crippen molar-refractivity contribution in [2.75, 3.05) is 0 Å². The van der Waals surface area contributed by atoms with Gasteiger partial charge in [0.2, 0.25) is 0 Å². The Morgan fingerprint density at radius 2 is 2.17 bits per heavy atom. The summed E-state index contributed by atoms with van der Waals surface area (Å²) in [5.41, 5.74) is 0. The molecule has 0 aliphatic rings. The highest BCUT2D eigenvalue weighted by Gasteiger charge is 1.92. The summed E-state index contributed by atoms with van der Waals surface area (Å²) in [6.07, 6.45) is 0.699. The van der Waals surface area contributed by atoms with E-state index in [1.54, 1.807) is 0 Å². The molecule has 3 heteroatoms. The van der Waals surface area contributed by atoms with Crippen molar-refractivity contribution in [3.8, 4) is 0 Å². The lowest BCUT2D eigenvalue weighted by atomic mass is 11.1. The van der Waals surface area contributed by atoms with Gasteiger partial charge in [-0.15, -0.1) is 0 Å². The molecule has 0 radical (unpaired) electrons. The van der Waals surface area contributed by atoms with Gasteiger partial charge in [0.25, 0.3) is 0 Å². The molecule has 1 nitrogen and oxygen atoms in total. The zero-order valence-corrected chi connectivity index (χ0v) is 3.03. The van der Waals surface area contributed by atoms with Crippen molar-refractivity contribution in [2.24, 2.45) is 0 Å². The molecule has 0 amide bonds. The Kier molecular flexibility index (Phi) is 2.36. The predicted octanol–water partition coefficient (Wildman–Crippen LogP) is 1.37. The van der Waals surface area contributed by atoms with Crippen LogP contribution in [0.5, 0.6) is 0 Å². The van der Waals surface area contributed by atoms with E-state index in [9.17, 15) is 8.78 Å². The Hall–Kier alpha value is -0.600. The molecule has 0 aromatic heterocycles. The van der Waals surface area contributed by atoms with Gasteiger partial charge in [-0.25, -0.2) is 0 Å². The number of rotatable bonds is 2. The highest BCUT2D eigenvalue weighted by atomic mass is 19.3. The summed E-state index contributed by atoms with van der Waals surface area (Å²) in [7, 11) is 0. The minimum atomic E-state index is -2.72. The summed E-state index contributed by atoms with van der Waals surface area (Å²) in [6, 6.07) is 0. The quantitative estimate of drug-likeness (QED) is 0.469. The second kappa shape index (κ2) is 2.63. The first-order chi connectivity index (χ1) is 2.77. The summed E-state index contributed by atoms with van der Waals surface area (Å²) >= 11 is 0. The van der Waals surface area contributed by atoms with E-state index in [1.807, 2.05) is 0 Å². The molecule has 0 unspecified atom stereocenters. The standard InChI is InChI=1S/C3H4F2O/c1-2-6-3(4)5/h2-3H,1H2. The topological polar surface area (TPSA) is 9.23 Å². The van der Waals surface area contributed by atoms with Gasteiger partial charge in [-0.3, -0.25) is 0 Å². The molecule has 0 bridgehead atoms. The normalized spacial score (nSPS) is 8.50. The smallest absolute Gasteiger partial charge is 0.386 e. The molecule has 0 heterocycles. The first kappa shape index (κ1) is 5.40. The summed E-state index contributed by atoms with van der Waals surface area (Å²) in [6.45, 7) is 0.179. The van der Waals surface area contributed by atoms with Crippen molar-refractivity contribution in [2.45, 2.75) is 6.61 Å². The first-order valence-electron chi connectivity index (χ1n) is 1.32. The van der Waals surface area contributed by atoms with Crippen molar-refractivity contribution < 1.29 is 13.5 Å². The van der Waals surface area contributed by atoms with Gasteiger partial charge in [-0.2, -0.15) is 8.78 Å². The minimum absolute atomic E-state index is 0.699. The molecule has 0 rings (SSSR count). The Labute approximate surface area is 34.2 Å². The van der Waals surface area contributed by atoms with Crippen LogP contribution in [0.1, 0.15) is 0 Å². The SMILES string of the molecule is C=COC(F)F. The minimum Gasteiger partial charge on any atom is -0.443 e. The molecule has 0 spiro atoms. The maximum Gasteiger partial charge on any atom is 0.386 e. The van der Waals surface area contributed by atoms with Crippen LogP contribution in [-0.4, -0.2) is 6.61 Å². The lowest BCUT2D eigenvalue weighted by Crippen LogP contribution is -1.88. The zero-order valence-electron chi connectivity index (χ0n) is 3.03. The van der Waals surface area contributed by atoms with Crippen molar-refractivity contribution >= 4 is 0 Å². The lowest BCUT2D eigenvalue weighted by Gasteiger charge is -1.90. The molecule has 0 N–H and O–H groups in total. The van der Waals surface area contributed by atoms with Crippen LogP contribution in [0.25, 0.3) is 0 Å². The van der Waals surface area contributed by atoms with Gasteiger partial charge >= 0.3 is 6.61 Å². The van der Waals surface area contributed by atoms with Crippen LogP contribution < -0.4 is 0 Å². The predicted molar refractivity (Wildman–Crippen MR) is 17.3 cm³/mol. The van der Waals surface area contributed by atoms with E-state index >= 15 is 0 Å². The van der Waals surface area contributed by atoms with E-state index in [1.165, 1.54) is 0 Å². The molecule has 0 saturated heterocycles. The fraction of sp³-hybridized carbons (Fsp3) is 0.333. The van der Waals surface area contributed by atoms with Crippen LogP contribution in [0.2, 0.25) is 0 Å². The monoisotopic (exact) mass is 94.0 g/mol. The molecular formula is C3H4F2O. The largest absolute Gasteiger partial charge is 0.443 e. The Bertz CT molecular complexity index is 44.1. The van der Waals surface area contributed by atoms with Gasteiger partial charge in [0, 0.05) is 0 Å². The highest BCUT2D eigenvalue weighted by molar-refractivity contribution is 4.45. The van der Waals surface area contributed by atoms with Crippen LogP contribution in [-0.2, 0) is 4.74 Å². The van der Waals surface area contributed by atoms with Crippen LogP contribution in [0.4, 0.5) is 8.78 Å². The first-order valence-corrected chi connectivity index (χ1v) is 1.32. The molecule has 0 aromatic rings. The van der Waals surface area contributed by atoms with E-state index in [-0.39, 0.29) is 0 Å². The molecular weight excluding hydrogens is 90.0 g/mol. The third-order valence-electron chi connectivity index (χ3n) is 0.199. The summed E-state index contributed by atoms with van der Waals surface area (Å²) in [4.78, 5) is 0. The number of hydrogen-bond acceptors (Lipinski definition) is 1. The second-order valence-electron chi connectivity index (χ2n) is 0.563. The summed E-state index contributed by atoms with van der Waals surface area (Å²) < 4.78 is 25.0. The molecule has 36 valence electrons. The van der Waals surface area contributed by atoms with Crippen molar-refractivity contribution in [3.63, 3.8) is 0 Å². The maximum atomic E-state index is 10.7. The lowest BCUT2D eigenvalue weighted by molar-refractivity contribution is -0.0825. The molecule has 0 fully saturated rings. The number of alkyl halides is 2. The summed E-state index contributed by atoms with van der Waals surface area (Å²) in [5, 5.41) is 0. The fourth-order valence-electron chi connectivity index (χ4n) is 0.0727. The van der Waals surface area contributed by atoms with E-state index in [0.29, 0.717) is 6.26 Å². The number of ether oxygens (including phenoxy) is 1. The highest BCUT2D eigenvalue weighted by Crippen LogP contribution is 1.91. The van der Waals surface area contributed by atoms with Gasteiger partial charge in [-0.1, -0.05) is 6.58 Å². The maximum absolute atomic E-state index is 10.7. The van der Waals surface area contributed by atoms with E-state index in [2.05, 4.69) is 11.3 Å². The van der Waals surface area contributed by atoms with E-state index < -0.39 is 6.61 Å². The van der Waals surface area contributed by atoms with Gasteiger partial charge in [-0.05, 0) is 0 Å². The molecule has 0 aliphatic heterocycles. The molecule has 0 aliphatic carbocycles. The average molecular weight is 94.1 g/mol. The third-order valence-corrected chi connectivity index (χ3v) is 0.199. The van der Waals surface area contributed by atoms with Crippen LogP contribution in [0.3, 0.4) is 0 Å². The van der Waals surface area contributed by atoms with Crippen molar-refractivity contribution in [1.29, 1.82) is 0 Å². The average Bonchev–Trinajstić information content (AvgIpc) is 1.35. The Morgan fingerprint density at radius 1 is 1.67 bits per heavy atom. The third kappa shape index (κ3) is 3.40. The van der Waals surface area contributed by atoms with Gasteiger partial charge in [0.05, 0.1) is 6.26 Å². The summed E-state index contributed by atoms with van der Waals surface area (Å²) in [5.74, 6) is 0. The molecule has 0 saturated carbocycles.